The highest BCUT2D eigenvalue weighted by atomic mass is 14.2. The van der Waals surface area contributed by atoms with E-state index in [9.17, 15) is 0 Å². The summed E-state index contributed by atoms with van der Waals surface area (Å²) in [6.07, 6.45) is 48.8. The first-order valence-electron chi connectivity index (χ1n) is 21.8. The molecular formula is C47H82. The van der Waals surface area contributed by atoms with Gasteiger partial charge in [-0.1, -0.05) is 237 Å². The Morgan fingerprint density at radius 1 is 0.340 bits per heavy atom. The second kappa shape index (κ2) is 30.7. The SMILES string of the molecule is CCCCCCCCCCCCCCCCCCc1c(C)cc2ccccc2c1CCCCCCCCCCCCCCCCCC. The molecule has 0 nitrogen and oxygen atoms in total. The lowest BCUT2D eigenvalue weighted by Crippen LogP contribution is -2.01. The monoisotopic (exact) mass is 647 g/mol. The number of aryl methyl sites for hydroxylation is 2. The highest BCUT2D eigenvalue weighted by molar-refractivity contribution is 5.87. The molecule has 0 heteroatoms. The van der Waals surface area contributed by atoms with E-state index in [1.54, 1.807) is 11.1 Å². The van der Waals surface area contributed by atoms with Crippen LogP contribution in [0.2, 0.25) is 0 Å². The second-order valence-corrected chi connectivity index (χ2v) is 15.5. The third-order valence-corrected chi connectivity index (χ3v) is 11.1. The van der Waals surface area contributed by atoms with Crippen molar-refractivity contribution in [3.8, 4) is 0 Å². The van der Waals surface area contributed by atoms with E-state index in [1.807, 2.05) is 0 Å². The average Bonchev–Trinajstić information content (AvgIpc) is 3.08. The van der Waals surface area contributed by atoms with Crippen LogP contribution in [0.4, 0.5) is 0 Å². The largest absolute Gasteiger partial charge is 0.0654 e. The Labute approximate surface area is 296 Å². The van der Waals surface area contributed by atoms with Crippen molar-refractivity contribution < 1.29 is 0 Å². The fourth-order valence-corrected chi connectivity index (χ4v) is 7.95. The summed E-state index contributed by atoms with van der Waals surface area (Å²) in [5, 5.41) is 2.98. The van der Waals surface area contributed by atoms with E-state index in [4.69, 9.17) is 0 Å². The quantitative estimate of drug-likeness (QED) is 0.0664. The molecule has 0 bridgehead atoms. The van der Waals surface area contributed by atoms with Gasteiger partial charge in [-0.2, -0.15) is 0 Å². The Hall–Kier alpha value is -1.30. The van der Waals surface area contributed by atoms with Crippen LogP contribution in [-0.4, -0.2) is 0 Å². The van der Waals surface area contributed by atoms with Crippen molar-refractivity contribution in [2.45, 2.75) is 239 Å². The molecule has 0 heterocycles. The molecule has 0 saturated heterocycles. The van der Waals surface area contributed by atoms with Crippen LogP contribution < -0.4 is 0 Å². The van der Waals surface area contributed by atoms with Gasteiger partial charge in [-0.15, -0.1) is 0 Å². The maximum absolute atomic E-state index is 2.47. The van der Waals surface area contributed by atoms with E-state index in [1.165, 1.54) is 235 Å². The summed E-state index contributed by atoms with van der Waals surface area (Å²) in [4.78, 5) is 0. The van der Waals surface area contributed by atoms with Crippen LogP contribution in [0.3, 0.4) is 0 Å². The highest BCUT2D eigenvalue weighted by Gasteiger charge is 2.11. The van der Waals surface area contributed by atoms with Crippen LogP contribution in [-0.2, 0) is 12.8 Å². The van der Waals surface area contributed by atoms with E-state index in [0.717, 1.165) is 0 Å². The molecule has 47 heavy (non-hydrogen) atoms. The minimum atomic E-state index is 1.27. The van der Waals surface area contributed by atoms with Gasteiger partial charge in [0, 0.05) is 0 Å². The first-order valence-corrected chi connectivity index (χ1v) is 21.8. The smallest absolute Gasteiger partial charge is 0.0149 e. The number of unbranched alkanes of at least 4 members (excludes halogenated alkanes) is 30. The fourth-order valence-electron chi connectivity index (χ4n) is 7.95. The van der Waals surface area contributed by atoms with E-state index in [2.05, 4.69) is 51.1 Å². The molecule has 0 atom stereocenters. The minimum absolute atomic E-state index is 1.27. The number of hydrogen-bond donors (Lipinski definition) is 0. The number of rotatable bonds is 34. The zero-order valence-corrected chi connectivity index (χ0v) is 32.4. The molecule has 2 aromatic carbocycles. The summed E-state index contributed by atoms with van der Waals surface area (Å²) < 4.78 is 0. The zero-order chi connectivity index (χ0) is 33.5. The van der Waals surface area contributed by atoms with Gasteiger partial charge in [0.2, 0.25) is 0 Å². The molecule has 0 aliphatic rings. The van der Waals surface area contributed by atoms with Gasteiger partial charge in [-0.3, -0.25) is 0 Å². The molecule has 0 saturated carbocycles. The second-order valence-electron chi connectivity index (χ2n) is 15.5. The molecule has 2 aromatic rings. The Morgan fingerprint density at radius 2 is 0.638 bits per heavy atom. The first-order chi connectivity index (χ1) is 23.3. The maximum atomic E-state index is 2.47. The molecule has 0 spiro atoms. The minimum Gasteiger partial charge on any atom is -0.0654 e. The lowest BCUT2D eigenvalue weighted by Gasteiger charge is -2.17. The van der Waals surface area contributed by atoms with Gasteiger partial charge in [-0.25, -0.2) is 0 Å². The third kappa shape index (κ3) is 21.4. The number of hydrogen-bond acceptors (Lipinski definition) is 0. The highest BCUT2D eigenvalue weighted by Crippen LogP contribution is 2.29. The molecule has 270 valence electrons. The summed E-state index contributed by atoms with van der Waals surface area (Å²) in [6.45, 7) is 7.00. The molecule has 0 radical (unpaired) electrons. The number of benzene rings is 2. The van der Waals surface area contributed by atoms with Crippen molar-refractivity contribution >= 4 is 10.8 Å². The maximum Gasteiger partial charge on any atom is -0.0149 e. The van der Waals surface area contributed by atoms with Crippen LogP contribution in [0.1, 0.15) is 236 Å². The van der Waals surface area contributed by atoms with Crippen LogP contribution in [0.5, 0.6) is 0 Å². The fraction of sp³-hybridized carbons (Fsp3) is 0.787. The van der Waals surface area contributed by atoms with Crippen LogP contribution >= 0.6 is 0 Å². The molecule has 0 N–H and O–H groups in total. The molecule has 0 aromatic heterocycles. The summed E-state index contributed by atoms with van der Waals surface area (Å²) in [5.41, 5.74) is 4.91. The van der Waals surface area contributed by atoms with E-state index < -0.39 is 0 Å². The normalized spacial score (nSPS) is 11.6. The Kier molecular flexibility index (Phi) is 27.4. The van der Waals surface area contributed by atoms with Gasteiger partial charge in [0.15, 0.2) is 0 Å². The van der Waals surface area contributed by atoms with Gasteiger partial charge in [0.05, 0.1) is 0 Å². The van der Waals surface area contributed by atoms with E-state index >= 15 is 0 Å². The molecule has 2 rings (SSSR count). The molecule has 0 unspecified atom stereocenters. The van der Waals surface area contributed by atoms with Crippen molar-refractivity contribution in [1.82, 2.24) is 0 Å². The van der Waals surface area contributed by atoms with Gasteiger partial charge in [0.25, 0.3) is 0 Å². The zero-order valence-electron chi connectivity index (χ0n) is 32.4. The van der Waals surface area contributed by atoms with Crippen molar-refractivity contribution in [1.29, 1.82) is 0 Å². The van der Waals surface area contributed by atoms with Crippen molar-refractivity contribution in [2.24, 2.45) is 0 Å². The van der Waals surface area contributed by atoms with Gasteiger partial charge < -0.3 is 0 Å². The molecule has 0 aliphatic heterocycles. The molecule has 0 fully saturated rings. The van der Waals surface area contributed by atoms with E-state index in [-0.39, 0.29) is 0 Å². The lowest BCUT2D eigenvalue weighted by molar-refractivity contribution is 0.528. The summed E-state index contributed by atoms with van der Waals surface area (Å²) in [5.74, 6) is 0. The Balaban J connectivity index is 1.55. The van der Waals surface area contributed by atoms with Crippen molar-refractivity contribution in [3.63, 3.8) is 0 Å². The summed E-state index contributed by atoms with van der Waals surface area (Å²) in [7, 11) is 0. The predicted molar refractivity (Wildman–Crippen MR) is 215 cm³/mol. The third-order valence-electron chi connectivity index (χ3n) is 11.1. The van der Waals surface area contributed by atoms with E-state index in [0.29, 0.717) is 0 Å². The van der Waals surface area contributed by atoms with Crippen molar-refractivity contribution in [2.75, 3.05) is 0 Å². The standard InChI is InChI=1S/C47H82/c1-4-6-8-10-12-14-16-18-20-22-24-26-28-30-32-34-39-45-43(3)42-44-38-36-37-40-46(44)47(45)41-35-33-31-29-27-25-23-21-19-17-15-13-11-9-7-5-2/h36-38,40,42H,4-35,39,41H2,1-3H3. The van der Waals surface area contributed by atoms with Gasteiger partial charge >= 0.3 is 0 Å². The van der Waals surface area contributed by atoms with Crippen LogP contribution in [0.25, 0.3) is 10.8 Å². The Bertz CT molecular complexity index is 954. The van der Waals surface area contributed by atoms with Crippen LogP contribution in [0, 0.1) is 6.92 Å². The predicted octanol–water partition coefficient (Wildman–Crippen LogP) is 16.8. The average molecular weight is 647 g/mol. The molecule has 0 amide bonds. The lowest BCUT2D eigenvalue weighted by atomic mass is 9.88. The first kappa shape index (κ1) is 41.9. The summed E-state index contributed by atoms with van der Waals surface area (Å²) >= 11 is 0. The van der Waals surface area contributed by atoms with Crippen LogP contribution in [0.15, 0.2) is 30.3 Å². The van der Waals surface area contributed by atoms with Crippen molar-refractivity contribution in [3.05, 3.63) is 47.0 Å². The Morgan fingerprint density at radius 3 is 1.00 bits per heavy atom. The topological polar surface area (TPSA) is 0 Å². The summed E-state index contributed by atoms with van der Waals surface area (Å²) in [6, 6.07) is 11.7. The molecular weight excluding hydrogens is 565 g/mol. The number of fused-ring (bicyclic) bond motifs is 1. The van der Waals surface area contributed by atoms with Gasteiger partial charge in [0.1, 0.15) is 0 Å². The molecule has 0 aliphatic carbocycles. The van der Waals surface area contributed by atoms with Gasteiger partial charge in [-0.05, 0) is 60.1 Å².